The molecule has 0 atom stereocenters. The Morgan fingerprint density at radius 1 is 1.05 bits per heavy atom. The number of halogens is 1. The van der Waals surface area contributed by atoms with Crippen LogP contribution in [0.25, 0.3) is 0 Å². The molecule has 0 aliphatic carbocycles. The van der Waals surface area contributed by atoms with Crippen LogP contribution in [0.4, 0.5) is 10.1 Å². The van der Waals surface area contributed by atoms with Crippen LogP contribution < -0.4 is 5.32 Å². The molecule has 4 nitrogen and oxygen atoms in total. The normalized spacial score (nSPS) is 9.95. The topological polar surface area (TPSA) is 66.4 Å². The highest BCUT2D eigenvalue weighted by Crippen LogP contribution is 2.13. The molecule has 0 radical (unpaired) electrons. The summed E-state index contributed by atoms with van der Waals surface area (Å²) < 4.78 is 13.4. The van der Waals surface area contributed by atoms with Crippen molar-refractivity contribution in [1.82, 2.24) is 0 Å². The number of amides is 1. The lowest BCUT2D eigenvalue weighted by Crippen LogP contribution is -2.14. The molecule has 5 heteroatoms. The molecule has 19 heavy (non-hydrogen) atoms. The van der Waals surface area contributed by atoms with E-state index in [2.05, 4.69) is 5.32 Å². The highest BCUT2D eigenvalue weighted by molar-refractivity contribution is 6.04. The first kappa shape index (κ1) is 12.8. The standard InChI is InChI=1S/C14H10FNO3/c15-12-7-2-1-6-11(12)13(17)16-10-5-3-4-9(8-10)14(18)19/h1-8H,(H,16,17)(H,18,19). The molecule has 0 saturated heterocycles. The number of hydrogen-bond acceptors (Lipinski definition) is 2. The summed E-state index contributed by atoms with van der Waals surface area (Å²) in [6.45, 7) is 0. The van der Waals surface area contributed by atoms with E-state index in [0.717, 1.165) is 0 Å². The van der Waals surface area contributed by atoms with Gasteiger partial charge in [0.25, 0.3) is 5.91 Å². The fourth-order valence-electron chi connectivity index (χ4n) is 1.57. The minimum absolute atomic E-state index is 0.0475. The van der Waals surface area contributed by atoms with Gasteiger partial charge in [0.2, 0.25) is 0 Å². The summed E-state index contributed by atoms with van der Waals surface area (Å²) in [7, 11) is 0. The number of carbonyl (C=O) groups is 2. The monoisotopic (exact) mass is 259 g/mol. The number of carboxylic acid groups (broad SMARTS) is 1. The van der Waals surface area contributed by atoms with Crippen molar-refractivity contribution in [3.8, 4) is 0 Å². The van der Waals surface area contributed by atoms with E-state index in [1.807, 2.05) is 0 Å². The number of nitrogens with one attached hydrogen (secondary N) is 1. The maximum absolute atomic E-state index is 13.4. The van der Waals surface area contributed by atoms with Gasteiger partial charge < -0.3 is 10.4 Å². The van der Waals surface area contributed by atoms with E-state index in [0.29, 0.717) is 5.69 Å². The number of aromatic carboxylic acids is 1. The van der Waals surface area contributed by atoms with Crippen molar-refractivity contribution in [1.29, 1.82) is 0 Å². The minimum Gasteiger partial charge on any atom is -0.478 e. The molecule has 0 fully saturated rings. The quantitative estimate of drug-likeness (QED) is 0.890. The maximum Gasteiger partial charge on any atom is 0.335 e. The molecule has 0 aromatic heterocycles. The zero-order chi connectivity index (χ0) is 13.8. The molecule has 0 unspecified atom stereocenters. The summed E-state index contributed by atoms with van der Waals surface area (Å²) in [4.78, 5) is 22.6. The molecular formula is C14H10FNO3. The van der Waals surface area contributed by atoms with Gasteiger partial charge in [-0.1, -0.05) is 18.2 Å². The van der Waals surface area contributed by atoms with E-state index < -0.39 is 17.7 Å². The van der Waals surface area contributed by atoms with Crippen molar-refractivity contribution < 1.29 is 19.1 Å². The Hall–Kier alpha value is -2.69. The molecule has 2 rings (SSSR count). The van der Waals surface area contributed by atoms with Crippen LogP contribution in [0.2, 0.25) is 0 Å². The number of anilines is 1. The Bertz CT molecular complexity index is 640. The van der Waals surface area contributed by atoms with Crippen molar-refractivity contribution in [3.05, 3.63) is 65.5 Å². The van der Waals surface area contributed by atoms with E-state index in [-0.39, 0.29) is 11.1 Å². The van der Waals surface area contributed by atoms with Gasteiger partial charge in [-0.05, 0) is 30.3 Å². The number of carboxylic acids is 1. The molecule has 2 N–H and O–H groups in total. The first-order chi connectivity index (χ1) is 9.08. The van der Waals surface area contributed by atoms with Crippen molar-refractivity contribution >= 4 is 17.6 Å². The second-order valence-electron chi connectivity index (χ2n) is 3.82. The molecule has 0 saturated carbocycles. The molecule has 2 aromatic rings. The first-order valence-electron chi connectivity index (χ1n) is 5.47. The SMILES string of the molecule is O=C(O)c1cccc(NC(=O)c2ccccc2F)c1. The van der Waals surface area contributed by atoms with Crippen LogP contribution in [0.5, 0.6) is 0 Å². The van der Waals surface area contributed by atoms with Gasteiger partial charge in [0, 0.05) is 5.69 Å². The third-order valence-corrected chi connectivity index (χ3v) is 2.49. The molecule has 0 aliphatic rings. The molecule has 0 heterocycles. The minimum atomic E-state index is -1.10. The van der Waals surface area contributed by atoms with Gasteiger partial charge in [0.15, 0.2) is 0 Å². The van der Waals surface area contributed by atoms with Gasteiger partial charge in [-0.2, -0.15) is 0 Å². The summed E-state index contributed by atoms with van der Waals surface area (Å²) in [6.07, 6.45) is 0. The molecule has 2 aromatic carbocycles. The first-order valence-corrected chi connectivity index (χ1v) is 5.47. The van der Waals surface area contributed by atoms with Crippen LogP contribution in [0.1, 0.15) is 20.7 Å². The fourth-order valence-corrected chi connectivity index (χ4v) is 1.57. The third-order valence-electron chi connectivity index (χ3n) is 2.49. The molecule has 0 aliphatic heterocycles. The lowest BCUT2D eigenvalue weighted by molar-refractivity contribution is 0.0696. The third kappa shape index (κ3) is 2.95. The molecule has 0 bridgehead atoms. The van der Waals surface area contributed by atoms with Crippen molar-refractivity contribution in [2.75, 3.05) is 5.32 Å². The van der Waals surface area contributed by atoms with Gasteiger partial charge in [-0.25, -0.2) is 9.18 Å². The molecule has 0 spiro atoms. The van der Waals surface area contributed by atoms with E-state index in [9.17, 15) is 14.0 Å². The van der Waals surface area contributed by atoms with Gasteiger partial charge in [-0.15, -0.1) is 0 Å². The van der Waals surface area contributed by atoms with E-state index in [1.54, 1.807) is 6.07 Å². The smallest absolute Gasteiger partial charge is 0.335 e. The summed E-state index contributed by atoms with van der Waals surface area (Å²) in [5.74, 6) is -2.35. The summed E-state index contributed by atoms with van der Waals surface area (Å²) >= 11 is 0. The lowest BCUT2D eigenvalue weighted by atomic mass is 10.1. The van der Waals surface area contributed by atoms with Crippen molar-refractivity contribution in [2.24, 2.45) is 0 Å². The lowest BCUT2D eigenvalue weighted by Gasteiger charge is -2.06. The summed E-state index contributed by atoms with van der Waals surface area (Å²) in [5, 5.41) is 11.3. The van der Waals surface area contributed by atoms with Gasteiger partial charge >= 0.3 is 5.97 Å². The van der Waals surface area contributed by atoms with E-state index >= 15 is 0 Å². The zero-order valence-corrected chi connectivity index (χ0v) is 9.76. The van der Waals surface area contributed by atoms with Gasteiger partial charge in [-0.3, -0.25) is 4.79 Å². The van der Waals surface area contributed by atoms with Crippen LogP contribution in [-0.4, -0.2) is 17.0 Å². The zero-order valence-electron chi connectivity index (χ0n) is 9.76. The Morgan fingerprint density at radius 2 is 1.79 bits per heavy atom. The summed E-state index contributed by atoms with van der Waals surface area (Å²) in [5.41, 5.74) is 0.253. The van der Waals surface area contributed by atoms with Crippen molar-refractivity contribution in [2.45, 2.75) is 0 Å². The Balaban J connectivity index is 2.22. The van der Waals surface area contributed by atoms with Gasteiger partial charge in [0.1, 0.15) is 5.82 Å². The highest BCUT2D eigenvalue weighted by atomic mass is 19.1. The largest absolute Gasteiger partial charge is 0.478 e. The fraction of sp³-hybridized carbons (Fsp3) is 0. The van der Waals surface area contributed by atoms with Crippen molar-refractivity contribution in [3.63, 3.8) is 0 Å². The second-order valence-corrected chi connectivity index (χ2v) is 3.82. The highest BCUT2D eigenvalue weighted by Gasteiger charge is 2.11. The van der Waals surface area contributed by atoms with Crippen LogP contribution in [0.3, 0.4) is 0 Å². The Morgan fingerprint density at radius 3 is 2.47 bits per heavy atom. The molecule has 96 valence electrons. The average Bonchev–Trinajstić information content (AvgIpc) is 2.39. The van der Waals surface area contributed by atoms with E-state index in [4.69, 9.17) is 5.11 Å². The Kier molecular flexibility index (Phi) is 3.56. The summed E-state index contributed by atoms with van der Waals surface area (Å²) in [6, 6.07) is 11.3. The van der Waals surface area contributed by atoms with Crippen LogP contribution >= 0.6 is 0 Å². The second kappa shape index (κ2) is 5.30. The molecule has 1 amide bonds. The van der Waals surface area contributed by atoms with Gasteiger partial charge in [0.05, 0.1) is 11.1 Å². The van der Waals surface area contributed by atoms with E-state index in [1.165, 1.54) is 42.5 Å². The maximum atomic E-state index is 13.4. The number of rotatable bonds is 3. The average molecular weight is 259 g/mol. The predicted molar refractivity (Wildman–Crippen MR) is 67.8 cm³/mol. The van der Waals surface area contributed by atoms with Crippen LogP contribution in [0, 0.1) is 5.82 Å². The predicted octanol–water partition coefficient (Wildman–Crippen LogP) is 2.78. The van der Waals surface area contributed by atoms with Crippen LogP contribution in [-0.2, 0) is 0 Å². The Labute approximate surface area is 108 Å². The number of carbonyl (C=O) groups excluding carboxylic acids is 1. The number of hydrogen-bond donors (Lipinski definition) is 2. The van der Waals surface area contributed by atoms with Crippen LogP contribution in [0.15, 0.2) is 48.5 Å². The number of benzene rings is 2. The molecular weight excluding hydrogens is 249 g/mol.